The number of nitrogens with one attached hydrogen (secondary N) is 1. The highest BCUT2D eigenvalue weighted by Crippen LogP contribution is 2.43. The number of likely N-dealkylation sites (N-methyl/N-ethyl adjacent to an activating group) is 1. The number of ether oxygens (including phenoxy) is 1. The predicted molar refractivity (Wildman–Crippen MR) is 106 cm³/mol. The zero-order valence-electron chi connectivity index (χ0n) is 17.3. The molecule has 0 bridgehead atoms. The van der Waals surface area contributed by atoms with E-state index in [2.05, 4.69) is 14.0 Å². The van der Waals surface area contributed by atoms with Gasteiger partial charge in [0.05, 0.1) is 45.4 Å². The Morgan fingerprint density at radius 2 is 1.83 bits per heavy atom. The van der Waals surface area contributed by atoms with Crippen LogP contribution in [0.25, 0.3) is 0 Å². The zero-order chi connectivity index (χ0) is 20.6. The summed E-state index contributed by atoms with van der Waals surface area (Å²) in [5.41, 5.74) is -0.791. The van der Waals surface area contributed by atoms with Crippen LogP contribution >= 0.6 is 0 Å². The highest BCUT2D eigenvalue weighted by atomic mass is 19.1. The van der Waals surface area contributed by atoms with Crippen molar-refractivity contribution < 1.29 is 23.6 Å². The molecule has 0 aromatic heterocycles. The molecular weight excluding hydrogens is 373 g/mol. The summed E-state index contributed by atoms with van der Waals surface area (Å²) in [6, 6.07) is 5.33. The predicted octanol–water partition coefficient (Wildman–Crippen LogP) is 0.930. The number of carbonyl (C=O) groups excluding carboxylic acids is 2. The van der Waals surface area contributed by atoms with Gasteiger partial charge in [0.2, 0.25) is 5.91 Å². The van der Waals surface area contributed by atoms with E-state index in [1.165, 1.54) is 17.0 Å². The molecule has 1 N–H and O–H groups in total. The summed E-state index contributed by atoms with van der Waals surface area (Å²) in [5, 5.41) is 0. The maximum Gasteiger partial charge on any atom is 0.259 e. The van der Waals surface area contributed by atoms with Gasteiger partial charge in [-0.3, -0.25) is 14.5 Å². The van der Waals surface area contributed by atoms with E-state index in [9.17, 15) is 14.0 Å². The molecular formula is C22H31FN3O3+. The van der Waals surface area contributed by atoms with Gasteiger partial charge < -0.3 is 14.5 Å². The van der Waals surface area contributed by atoms with E-state index < -0.39 is 23.5 Å². The molecule has 29 heavy (non-hydrogen) atoms. The molecule has 1 saturated carbocycles. The summed E-state index contributed by atoms with van der Waals surface area (Å²) in [6.45, 7) is 5.51. The average Bonchev–Trinajstić information content (AvgIpc) is 3.09. The van der Waals surface area contributed by atoms with Crippen LogP contribution in [-0.2, 0) is 9.53 Å². The van der Waals surface area contributed by atoms with Gasteiger partial charge in [0.1, 0.15) is 17.6 Å². The molecule has 1 aromatic rings. The molecule has 158 valence electrons. The van der Waals surface area contributed by atoms with Crippen molar-refractivity contribution in [3.05, 3.63) is 35.6 Å². The van der Waals surface area contributed by atoms with Crippen molar-refractivity contribution in [2.24, 2.45) is 5.92 Å². The first-order chi connectivity index (χ1) is 13.9. The number of amides is 2. The summed E-state index contributed by atoms with van der Waals surface area (Å²) in [4.78, 5) is 31.7. The minimum atomic E-state index is -0.802. The first-order valence-corrected chi connectivity index (χ1v) is 10.7. The zero-order valence-corrected chi connectivity index (χ0v) is 17.3. The van der Waals surface area contributed by atoms with Gasteiger partial charge in [0, 0.05) is 0 Å². The SMILES string of the molecule is CC1CCC2(CC1)OC[C@@H](C(=O)N1CC[NH+](C)CC1)N2C(=O)c1ccccc1F. The Bertz CT molecular complexity index is 770. The molecule has 3 fully saturated rings. The van der Waals surface area contributed by atoms with Gasteiger partial charge in [-0.15, -0.1) is 0 Å². The minimum Gasteiger partial charge on any atom is -0.353 e. The van der Waals surface area contributed by atoms with E-state index in [4.69, 9.17) is 4.74 Å². The standard InChI is InChI=1S/C22H30FN3O3/c1-16-7-9-22(10-8-16)26(20(27)17-5-3-4-6-18(17)23)19(15-29-22)21(28)25-13-11-24(2)12-14-25/h3-6,16,19H,7-15H2,1-2H3/p+1/t16?,19-,22?/m0/s1. The number of nitrogens with zero attached hydrogens (tertiary/aromatic N) is 2. The highest BCUT2D eigenvalue weighted by molar-refractivity contribution is 5.98. The van der Waals surface area contributed by atoms with Crippen molar-refractivity contribution in [3.8, 4) is 0 Å². The Morgan fingerprint density at radius 3 is 2.48 bits per heavy atom. The van der Waals surface area contributed by atoms with Crippen molar-refractivity contribution >= 4 is 11.8 Å². The van der Waals surface area contributed by atoms with Crippen LogP contribution in [0.2, 0.25) is 0 Å². The molecule has 0 unspecified atom stereocenters. The molecule has 2 saturated heterocycles. The van der Waals surface area contributed by atoms with Crippen LogP contribution in [0.4, 0.5) is 4.39 Å². The largest absolute Gasteiger partial charge is 0.353 e. The van der Waals surface area contributed by atoms with E-state index in [1.54, 1.807) is 17.0 Å². The third-order valence-corrected chi connectivity index (χ3v) is 6.85. The number of hydrogen-bond acceptors (Lipinski definition) is 3. The maximum absolute atomic E-state index is 14.5. The molecule has 4 rings (SSSR count). The Balaban J connectivity index is 1.64. The lowest BCUT2D eigenvalue weighted by atomic mass is 9.83. The number of piperazine rings is 1. The van der Waals surface area contributed by atoms with E-state index in [0.717, 1.165) is 25.9 Å². The topological polar surface area (TPSA) is 54.3 Å². The molecule has 1 aliphatic carbocycles. The second-order valence-electron chi connectivity index (χ2n) is 8.89. The van der Waals surface area contributed by atoms with Crippen LogP contribution in [0, 0.1) is 11.7 Å². The molecule has 7 heteroatoms. The van der Waals surface area contributed by atoms with Gasteiger partial charge in [0.25, 0.3) is 5.91 Å². The lowest BCUT2D eigenvalue weighted by Crippen LogP contribution is -3.12. The fourth-order valence-electron chi connectivity index (χ4n) is 4.85. The second-order valence-corrected chi connectivity index (χ2v) is 8.89. The van der Waals surface area contributed by atoms with Crippen molar-refractivity contribution in [1.82, 2.24) is 9.80 Å². The van der Waals surface area contributed by atoms with Crippen molar-refractivity contribution in [1.29, 1.82) is 0 Å². The Hall–Kier alpha value is -1.99. The van der Waals surface area contributed by atoms with E-state index >= 15 is 0 Å². The van der Waals surface area contributed by atoms with E-state index in [0.29, 0.717) is 31.8 Å². The van der Waals surface area contributed by atoms with Crippen LogP contribution in [-0.4, -0.2) is 73.2 Å². The van der Waals surface area contributed by atoms with Gasteiger partial charge >= 0.3 is 0 Å². The summed E-state index contributed by atoms with van der Waals surface area (Å²) < 4.78 is 20.7. The molecule has 2 aliphatic heterocycles. The number of carbonyl (C=O) groups is 2. The molecule has 1 atom stereocenters. The van der Waals surface area contributed by atoms with Gasteiger partial charge in [0.15, 0.2) is 0 Å². The normalized spacial score (nSPS) is 30.7. The summed E-state index contributed by atoms with van der Waals surface area (Å²) in [6.07, 6.45) is 3.23. The summed E-state index contributed by atoms with van der Waals surface area (Å²) >= 11 is 0. The Morgan fingerprint density at radius 1 is 1.17 bits per heavy atom. The minimum absolute atomic E-state index is 0.0108. The van der Waals surface area contributed by atoms with Crippen LogP contribution in [0.5, 0.6) is 0 Å². The molecule has 0 radical (unpaired) electrons. The summed E-state index contributed by atoms with van der Waals surface area (Å²) in [7, 11) is 2.12. The maximum atomic E-state index is 14.5. The fraction of sp³-hybridized carbons (Fsp3) is 0.636. The third kappa shape index (κ3) is 3.78. The second kappa shape index (κ2) is 8.03. The van der Waals surface area contributed by atoms with Crippen molar-refractivity contribution in [2.45, 2.75) is 44.4 Å². The molecule has 2 amide bonds. The Kier molecular flexibility index (Phi) is 5.62. The van der Waals surface area contributed by atoms with Crippen LogP contribution < -0.4 is 4.90 Å². The first kappa shape index (κ1) is 20.3. The van der Waals surface area contributed by atoms with Crippen LogP contribution in [0.1, 0.15) is 43.0 Å². The molecule has 2 heterocycles. The first-order valence-electron chi connectivity index (χ1n) is 10.7. The third-order valence-electron chi connectivity index (χ3n) is 6.85. The molecule has 1 spiro atoms. The van der Waals surface area contributed by atoms with Crippen LogP contribution in [0.15, 0.2) is 24.3 Å². The van der Waals surface area contributed by atoms with Gasteiger partial charge in [-0.05, 0) is 43.7 Å². The van der Waals surface area contributed by atoms with Crippen molar-refractivity contribution in [2.75, 3.05) is 39.8 Å². The number of benzene rings is 1. The molecule has 1 aromatic carbocycles. The monoisotopic (exact) mass is 404 g/mol. The van der Waals surface area contributed by atoms with Crippen molar-refractivity contribution in [3.63, 3.8) is 0 Å². The number of halogens is 1. The highest BCUT2D eigenvalue weighted by Gasteiger charge is 2.54. The fourth-order valence-corrected chi connectivity index (χ4v) is 4.85. The Labute approximate surface area is 171 Å². The number of rotatable bonds is 2. The number of hydrogen-bond donors (Lipinski definition) is 1. The number of quaternary nitrogens is 1. The van der Waals surface area contributed by atoms with Crippen LogP contribution in [0.3, 0.4) is 0 Å². The van der Waals surface area contributed by atoms with Gasteiger partial charge in [-0.1, -0.05) is 19.1 Å². The van der Waals surface area contributed by atoms with Gasteiger partial charge in [-0.2, -0.15) is 0 Å². The smallest absolute Gasteiger partial charge is 0.259 e. The lowest BCUT2D eigenvalue weighted by Gasteiger charge is -2.43. The average molecular weight is 405 g/mol. The lowest BCUT2D eigenvalue weighted by molar-refractivity contribution is -0.883. The van der Waals surface area contributed by atoms with E-state index in [1.807, 2.05) is 4.90 Å². The van der Waals surface area contributed by atoms with Gasteiger partial charge in [-0.25, -0.2) is 4.39 Å². The molecule has 6 nitrogen and oxygen atoms in total. The summed E-state index contributed by atoms with van der Waals surface area (Å²) in [5.74, 6) is -0.505. The van der Waals surface area contributed by atoms with E-state index in [-0.39, 0.29) is 18.1 Å². The molecule has 3 aliphatic rings. The quantitative estimate of drug-likeness (QED) is 0.798.